The highest BCUT2D eigenvalue weighted by molar-refractivity contribution is 9.10. The number of nitrogens with zero attached hydrogens (tertiary/aromatic N) is 1. The van der Waals surface area contributed by atoms with Gasteiger partial charge in [-0.2, -0.15) is 5.10 Å². The zero-order valence-corrected chi connectivity index (χ0v) is 18.2. The van der Waals surface area contributed by atoms with Crippen molar-refractivity contribution < 1.29 is 19.0 Å². The molecule has 2 atom stereocenters. The van der Waals surface area contributed by atoms with Gasteiger partial charge in [-0.05, 0) is 49.2 Å². The second kappa shape index (κ2) is 9.28. The molecule has 29 heavy (non-hydrogen) atoms. The van der Waals surface area contributed by atoms with Crippen molar-refractivity contribution in [1.82, 2.24) is 0 Å². The van der Waals surface area contributed by atoms with Gasteiger partial charge >= 0.3 is 5.97 Å². The molecule has 1 aliphatic heterocycles. The molecule has 0 bridgehead atoms. The maximum atomic E-state index is 12.2. The minimum absolute atomic E-state index is 0.00839. The Bertz CT molecular complexity index is 932. The summed E-state index contributed by atoms with van der Waals surface area (Å²) in [7, 11) is 1.63. The predicted octanol–water partition coefficient (Wildman–Crippen LogP) is 3.89. The Kier molecular flexibility index (Phi) is 6.76. The molecule has 0 radical (unpaired) electrons. The van der Waals surface area contributed by atoms with Gasteiger partial charge in [0.2, 0.25) is 0 Å². The summed E-state index contributed by atoms with van der Waals surface area (Å²) >= 11 is 3.53. The first kappa shape index (κ1) is 21.1. The highest BCUT2D eigenvalue weighted by Gasteiger charge is 2.33. The zero-order valence-electron chi connectivity index (χ0n) is 16.6. The van der Waals surface area contributed by atoms with Gasteiger partial charge in [-0.25, -0.2) is 0 Å². The molecule has 2 aromatic rings. The van der Waals surface area contributed by atoms with Crippen molar-refractivity contribution in [3.63, 3.8) is 0 Å². The number of ether oxygens (including phenoxy) is 3. The summed E-state index contributed by atoms with van der Waals surface area (Å²) in [5.74, 6) is 6.37. The number of benzene rings is 2. The number of hydrazone groups is 1. The molecule has 0 aliphatic carbocycles. The van der Waals surface area contributed by atoms with Crippen LogP contribution >= 0.6 is 15.9 Å². The average Bonchev–Trinajstić information content (AvgIpc) is 2.85. The molecule has 7 nitrogen and oxygen atoms in total. The van der Waals surface area contributed by atoms with Crippen molar-refractivity contribution in [1.29, 1.82) is 0 Å². The normalized spacial score (nSPS) is 19.8. The van der Waals surface area contributed by atoms with Crippen LogP contribution in [-0.2, 0) is 14.3 Å². The number of methoxy groups -OCH3 is 1. The van der Waals surface area contributed by atoms with Crippen molar-refractivity contribution in [2.45, 2.75) is 32.5 Å². The lowest BCUT2D eigenvalue weighted by Crippen LogP contribution is -2.33. The Balaban J connectivity index is 2.11. The van der Waals surface area contributed by atoms with Crippen LogP contribution in [0.4, 0.5) is 5.69 Å². The molecular formula is C21H24BrN3O4. The molecule has 3 N–H and O–H groups in total. The number of hydrogen-bond acceptors (Lipinski definition) is 6. The quantitative estimate of drug-likeness (QED) is 0.398. The summed E-state index contributed by atoms with van der Waals surface area (Å²) in [5, 5.41) is 7.07. The number of nitrogens with one attached hydrogen (secondary N) is 1. The minimum atomic E-state index is -0.694. The third kappa shape index (κ3) is 4.54. The molecule has 0 amide bonds. The van der Waals surface area contributed by atoms with Crippen LogP contribution in [0.15, 0.2) is 46.0 Å². The summed E-state index contributed by atoms with van der Waals surface area (Å²) < 4.78 is 17.9. The largest absolute Gasteiger partial charge is 0.496 e. The van der Waals surface area contributed by atoms with E-state index in [2.05, 4.69) is 26.3 Å². The molecule has 0 saturated carbocycles. The molecule has 0 unspecified atom stereocenters. The number of nitrogens with two attached hydrogens (primary N) is 1. The summed E-state index contributed by atoms with van der Waals surface area (Å²) in [6.07, 6.45) is -1.17. The van der Waals surface area contributed by atoms with Gasteiger partial charge in [-0.1, -0.05) is 28.1 Å². The van der Waals surface area contributed by atoms with Crippen molar-refractivity contribution in [3.8, 4) is 5.75 Å². The van der Waals surface area contributed by atoms with Crippen LogP contribution in [0.2, 0.25) is 0 Å². The maximum absolute atomic E-state index is 12.2. The van der Waals surface area contributed by atoms with Gasteiger partial charge in [-0.15, -0.1) is 0 Å². The molecule has 2 aromatic carbocycles. The molecule has 3 rings (SSSR count). The van der Waals surface area contributed by atoms with Gasteiger partial charge < -0.3 is 25.4 Å². The van der Waals surface area contributed by atoms with E-state index >= 15 is 0 Å². The minimum Gasteiger partial charge on any atom is -0.496 e. The standard InChI is InChI=1S/C21H24BrN3O4/c1-4-28-19(26)11-18-21(25-23)24-16-9-8-13(22)10-15(16)20(29-18)14-6-5-7-17(27-3)12(14)2/h5-10,18,20H,4,11,23H2,1-3H3,(H,24,25)/t18-,20-/m1/s1. The molecule has 0 aromatic heterocycles. The van der Waals surface area contributed by atoms with Crippen LogP contribution in [0.1, 0.15) is 36.1 Å². The highest BCUT2D eigenvalue weighted by atomic mass is 79.9. The van der Waals surface area contributed by atoms with Gasteiger partial charge in [-0.3, -0.25) is 4.79 Å². The van der Waals surface area contributed by atoms with Crippen LogP contribution in [0.5, 0.6) is 5.75 Å². The Morgan fingerprint density at radius 3 is 2.79 bits per heavy atom. The molecule has 0 spiro atoms. The van der Waals surface area contributed by atoms with Crippen LogP contribution in [-0.4, -0.2) is 31.6 Å². The number of amidine groups is 1. The number of esters is 1. The van der Waals surface area contributed by atoms with Gasteiger partial charge in [0.1, 0.15) is 18.0 Å². The molecule has 8 heteroatoms. The molecular weight excluding hydrogens is 438 g/mol. The van der Waals surface area contributed by atoms with Gasteiger partial charge in [0.15, 0.2) is 5.84 Å². The lowest BCUT2D eigenvalue weighted by atomic mass is 9.95. The van der Waals surface area contributed by atoms with Crippen LogP contribution in [0, 0.1) is 6.92 Å². The first-order valence-corrected chi connectivity index (χ1v) is 10.1. The first-order valence-electron chi connectivity index (χ1n) is 9.27. The smallest absolute Gasteiger partial charge is 0.308 e. The molecule has 154 valence electrons. The first-order chi connectivity index (χ1) is 14.0. The number of carbonyl (C=O) groups is 1. The number of hydrogen-bond donors (Lipinski definition) is 2. The van der Waals surface area contributed by atoms with Crippen molar-refractivity contribution in [2.75, 3.05) is 19.0 Å². The maximum Gasteiger partial charge on any atom is 0.308 e. The van der Waals surface area contributed by atoms with E-state index in [4.69, 9.17) is 20.1 Å². The van der Waals surface area contributed by atoms with Gasteiger partial charge in [0, 0.05) is 15.7 Å². The molecule has 1 heterocycles. The molecule has 0 fully saturated rings. The monoisotopic (exact) mass is 461 g/mol. The summed E-state index contributed by atoms with van der Waals surface area (Å²) in [4.78, 5) is 12.2. The average molecular weight is 462 g/mol. The van der Waals surface area contributed by atoms with Crippen molar-refractivity contribution >= 4 is 33.4 Å². The lowest BCUT2D eigenvalue weighted by Gasteiger charge is -2.24. The van der Waals surface area contributed by atoms with Crippen LogP contribution in [0.3, 0.4) is 0 Å². The third-order valence-corrected chi connectivity index (χ3v) is 5.28. The lowest BCUT2D eigenvalue weighted by molar-refractivity contribution is -0.145. The number of carbonyl (C=O) groups excluding carboxylic acids is 1. The van der Waals surface area contributed by atoms with Gasteiger partial charge in [0.25, 0.3) is 0 Å². The van der Waals surface area contributed by atoms with E-state index in [1.54, 1.807) is 14.0 Å². The van der Waals surface area contributed by atoms with Crippen LogP contribution in [0.25, 0.3) is 0 Å². The SMILES string of the molecule is CCOC(=O)C[C@H]1O[C@H](c2cccc(OC)c2C)c2cc(Br)ccc2N/C1=N\N. The number of fused-ring (bicyclic) bond motifs is 1. The van der Waals surface area contributed by atoms with Crippen molar-refractivity contribution in [2.24, 2.45) is 10.9 Å². The second-order valence-electron chi connectivity index (χ2n) is 6.56. The fraction of sp³-hybridized carbons (Fsp3) is 0.333. The van der Waals surface area contributed by atoms with E-state index in [-0.39, 0.29) is 12.4 Å². The number of anilines is 1. The molecule has 1 aliphatic rings. The zero-order chi connectivity index (χ0) is 21.0. The number of halogens is 1. The third-order valence-electron chi connectivity index (χ3n) is 4.79. The Labute approximate surface area is 178 Å². The van der Waals surface area contributed by atoms with E-state index in [0.29, 0.717) is 12.4 Å². The fourth-order valence-electron chi connectivity index (χ4n) is 3.39. The van der Waals surface area contributed by atoms with E-state index in [1.807, 2.05) is 43.3 Å². The van der Waals surface area contributed by atoms with Crippen molar-refractivity contribution in [3.05, 3.63) is 57.6 Å². The van der Waals surface area contributed by atoms with E-state index < -0.39 is 12.2 Å². The number of rotatable bonds is 5. The summed E-state index contributed by atoms with van der Waals surface area (Å²) in [5.41, 5.74) is 3.57. The van der Waals surface area contributed by atoms with E-state index in [9.17, 15) is 4.79 Å². The Hall–Kier alpha value is -2.58. The Morgan fingerprint density at radius 1 is 1.31 bits per heavy atom. The highest BCUT2D eigenvalue weighted by Crippen LogP contribution is 2.40. The van der Waals surface area contributed by atoms with E-state index in [1.165, 1.54) is 0 Å². The fourth-order valence-corrected chi connectivity index (χ4v) is 3.77. The van der Waals surface area contributed by atoms with Crippen LogP contribution < -0.4 is 15.9 Å². The Morgan fingerprint density at radius 2 is 2.10 bits per heavy atom. The second-order valence-corrected chi connectivity index (χ2v) is 7.47. The molecule has 0 saturated heterocycles. The predicted molar refractivity (Wildman–Crippen MR) is 115 cm³/mol. The topological polar surface area (TPSA) is 95.2 Å². The summed E-state index contributed by atoms with van der Waals surface area (Å²) in [6.45, 7) is 4.03. The van der Waals surface area contributed by atoms with Gasteiger partial charge in [0.05, 0.1) is 20.1 Å². The summed E-state index contributed by atoms with van der Waals surface area (Å²) in [6, 6.07) is 11.6. The van der Waals surface area contributed by atoms with E-state index in [0.717, 1.165) is 32.6 Å².